The second-order valence-corrected chi connectivity index (χ2v) is 4.30. The van der Waals surface area contributed by atoms with Crippen LogP contribution < -0.4 is 4.74 Å². The molecule has 0 fully saturated rings. The van der Waals surface area contributed by atoms with E-state index in [1.54, 1.807) is 0 Å². The highest BCUT2D eigenvalue weighted by Crippen LogP contribution is 2.23. The molecule has 2 heteroatoms. The molecule has 1 aliphatic heterocycles. The molecule has 2 nitrogen and oxygen atoms in total. The molecule has 1 aromatic rings. The quantitative estimate of drug-likeness (QED) is 0.717. The molecule has 0 atom stereocenters. The van der Waals surface area contributed by atoms with Crippen LogP contribution in [0.5, 0.6) is 5.75 Å². The zero-order valence-electron chi connectivity index (χ0n) is 8.92. The van der Waals surface area contributed by atoms with Gasteiger partial charge in [0.15, 0.2) is 0 Å². The number of hydrogen-bond donors (Lipinski definition) is 0. The van der Waals surface area contributed by atoms with Crippen LogP contribution in [-0.4, -0.2) is 11.6 Å². The second kappa shape index (κ2) is 3.99. The highest BCUT2D eigenvalue weighted by atomic mass is 16.5. The van der Waals surface area contributed by atoms with Crippen molar-refractivity contribution in [2.75, 3.05) is 6.61 Å². The first-order chi connectivity index (χ1) is 6.75. The molecule has 2 rings (SSSR count). The van der Waals surface area contributed by atoms with Crippen molar-refractivity contribution in [2.24, 2.45) is 5.92 Å². The van der Waals surface area contributed by atoms with Crippen molar-refractivity contribution in [3.8, 4) is 5.75 Å². The van der Waals surface area contributed by atoms with Crippen molar-refractivity contribution >= 4 is 0 Å². The number of fused-ring (bicyclic) bond motifs is 1. The lowest BCUT2D eigenvalue weighted by Gasteiger charge is -2.17. The SMILES string of the molecule is CC(C)Cc1ccc2c(n1)CCCO2. The molecule has 0 radical (unpaired) electrons. The van der Waals surface area contributed by atoms with E-state index in [1.807, 2.05) is 0 Å². The molecular formula is C12H17NO. The second-order valence-electron chi connectivity index (χ2n) is 4.30. The Morgan fingerprint density at radius 2 is 2.29 bits per heavy atom. The van der Waals surface area contributed by atoms with Gasteiger partial charge in [-0.15, -0.1) is 0 Å². The Balaban J connectivity index is 2.20. The van der Waals surface area contributed by atoms with Crippen LogP contribution in [0.3, 0.4) is 0 Å². The van der Waals surface area contributed by atoms with Gasteiger partial charge in [-0.05, 0) is 37.3 Å². The minimum Gasteiger partial charge on any atom is -0.492 e. The fourth-order valence-corrected chi connectivity index (χ4v) is 1.80. The van der Waals surface area contributed by atoms with Gasteiger partial charge in [0.05, 0.1) is 12.3 Å². The zero-order valence-corrected chi connectivity index (χ0v) is 8.92. The Bertz CT molecular complexity index is 320. The van der Waals surface area contributed by atoms with Crippen LogP contribution in [0.1, 0.15) is 31.7 Å². The number of nitrogens with zero attached hydrogens (tertiary/aromatic N) is 1. The summed E-state index contributed by atoms with van der Waals surface area (Å²) in [6.45, 7) is 5.29. The van der Waals surface area contributed by atoms with E-state index in [0.29, 0.717) is 5.92 Å². The first-order valence-corrected chi connectivity index (χ1v) is 5.37. The van der Waals surface area contributed by atoms with Gasteiger partial charge in [-0.2, -0.15) is 0 Å². The average molecular weight is 191 g/mol. The Hall–Kier alpha value is -1.05. The smallest absolute Gasteiger partial charge is 0.140 e. The van der Waals surface area contributed by atoms with Gasteiger partial charge >= 0.3 is 0 Å². The molecular weight excluding hydrogens is 174 g/mol. The van der Waals surface area contributed by atoms with Gasteiger partial charge in [0.2, 0.25) is 0 Å². The van der Waals surface area contributed by atoms with Crippen LogP contribution in [0, 0.1) is 5.92 Å². The van der Waals surface area contributed by atoms with Crippen molar-refractivity contribution in [3.63, 3.8) is 0 Å². The summed E-state index contributed by atoms with van der Waals surface area (Å²) in [5.41, 5.74) is 2.35. The van der Waals surface area contributed by atoms with Crippen LogP contribution in [0.2, 0.25) is 0 Å². The first kappa shape index (κ1) is 9.50. The molecule has 1 aliphatic rings. The molecule has 0 aromatic carbocycles. The first-order valence-electron chi connectivity index (χ1n) is 5.37. The molecule has 2 heterocycles. The van der Waals surface area contributed by atoms with E-state index >= 15 is 0 Å². The summed E-state index contributed by atoms with van der Waals surface area (Å²) in [6.07, 6.45) is 3.24. The lowest BCUT2D eigenvalue weighted by atomic mass is 10.1. The summed E-state index contributed by atoms with van der Waals surface area (Å²) in [5.74, 6) is 1.66. The summed E-state index contributed by atoms with van der Waals surface area (Å²) in [5, 5.41) is 0. The van der Waals surface area contributed by atoms with Crippen molar-refractivity contribution in [3.05, 3.63) is 23.5 Å². The van der Waals surface area contributed by atoms with E-state index < -0.39 is 0 Å². The van der Waals surface area contributed by atoms with Gasteiger partial charge in [-0.1, -0.05) is 13.8 Å². The molecule has 0 unspecified atom stereocenters. The Morgan fingerprint density at radius 1 is 1.43 bits per heavy atom. The number of hydrogen-bond acceptors (Lipinski definition) is 2. The van der Waals surface area contributed by atoms with Gasteiger partial charge in [0, 0.05) is 5.69 Å². The minimum atomic E-state index is 0.671. The highest BCUT2D eigenvalue weighted by Gasteiger charge is 2.12. The van der Waals surface area contributed by atoms with Crippen molar-refractivity contribution in [2.45, 2.75) is 33.1 Å². The molecule has 0 spiro atoms. The topological polar surface area (TPSA) is 22.1 Å². The molecule has 14 heavy (non-hydrogen) atoms. The summed E-state index contributed by atoms with van der Waals surface area (Å²) in [7, 11) is 0. The van der Waals surface area contributed by atoms with Crippen LogP contribution in [0.25, 0.3) is 0 Å². The summed E-state index contributed by atoms with van der Waals surface area (Å²) >= 11 is 0. The molecule has 0 saturated heterocycles. The minimum absolute atomic E-state index is 0.671. The maximum Gasteiger partial charge on any atom is 0.140 e. The Kier molecular flexibility index (Phi) is 2.71. The highest BCUT2D eigenvalue weighted by molar-refractivity contribution is 5.31. The average Bonchev–Trinajstić information content (AvgIpc) is 2.17. The third-order valence-corrected chi connectivity index (χ3v) is 2.42. The zero-order chi connectivity index (χ0) is 9.97. The number of pyridine rings is 1. The fourth-order valence-electron chi connectivity index (χ4n) is 1.80. The summed E-state index contributed by atoms with van der Waals surface area (Å²) in [6, 6.07) is 4.16. The fraction of sp³-hybridized carbons (Fsp3) is 0.583. The van der Waals surface area contributed by atoms with Gasteiger partial charge in [0.1, 0.15) is 5.75 Å². The van der Waals surface area contributed by atoms with Crippen molar-refractivity contribution < 1.29 is 4.74 Å². The van der Waals surface area contributed by atoms with E-state index in [1.165, 1.54) is 5.69 Å². The predicted molar refractivity (Wildman–Crippen MR) is 56.6 cm³/mol. The normalized spacial score (nSPS) is 15.1. The molecule has 0 saturated carbocycles. The molecule has 0 aliphatic carbocycles. The standard InChI is InChI=1S/C12H17NO/c1-9(2)8-10-5-6-12-11(13-10)4-3-7-14-12/h5-6,9H,3-4,7-8H2,1-2H3. The lowest BCUT2D eigenvalue weighted by Crippen LogP contribution is -2.11. The van der Waals surface area contributed by atoms with Gasteiger partial charge in [-0.25, -0.2) is 0 Å². The van der Waals surface area contributed by atoms with Crippen LogP contribution in [0.4, 0.5) is 0 Å². The molecule has 0 N–H and O–H groups in total. The van der Waals surface area contributed by atoms with E-state index in [2.05, 4.69) is 31.0 Å². The van der Waals surface area contributed by atoms with E-state index in [4.69, 9.17) is 4.74 Å². The number of aromatic nitrogens is 1. The van der Waals surface area contributed by atoms with Crippen LogP contribution in [-0.2, 0) is 12.8 Å². The van der Waals surface area contributed by atoms with Gasteiger partial charge in [0.25, 0.3) is 0 Å². The maximum atomic E-state index is 5.52. The number of ether oxygens (including phenoxy) is 1. The van der Waals surface area contributed by atoms with E-state index in [0.717, 1.165) is 37.3 Å². The molecule has 76 valence electrons. The van der Waals surface area contributed by atoms with Crippen LogP contribution in [0.15, 0.2) is 12.1 Å². The van der Waals surface area contributed by atoms with E-state index in [-0.39, 0.29) is 0 Å². The van der Waals surface area contributed by atoms with Crippen LogP contribution >= 0.6 is 0 Å². The predicted octanol–water partition coefficient (Wildman–Crippen LogP) is 2.61. The summed E-state index contributed by atoms with van der Waals surface area (Å²) < 4.78 is 5.52. The summed E-state index contributed by atoms with van der Waals surface area (Å²) in [4.78, 5) is 4.63. The Morgan fingerprint density at radius 3 is 3.07 bits per heavy atom. The largest absolute Gasteiger partial charge is 0.492 e. The Labute approximate surface area is 85.3 Å². The third-order valence-electron chi connectivity index (χ3n) is 2.42. The molecule has 0 bridgehead atoms. The number of aryl methyl sites for hydroxylation is 1. The van der Waals surface area contributed by atoms with E-state index in [9.17, 15) is 0 Å². The monoisotopic (exact) mass is 191 g/mol. The number of rotatable bonds is 2. The van der Waals surface area contributed by atoms with Gasteiger partial charge < -0.3 is 4.74 Å². The third kappa shape index (κ3) is 2.06. The molecule has 0 amide bonds. The molecule has 1 aromatic heterocycles. The lowest BCUT2D eigenvalue weighted by molar-refractivity contribution is 0.284. The van der Waals surface area contributed by atoms with Gasteiger partial charge in [-0.3, -0.25) is 4.98 Å². The van der Waals surface area contributed by atoms with Crippen molar-refractivity contribution in [1.82, 2.24) is 4.98 Å². The van der Waals surface area contributed by atoms with Crippen molar-refractivity contribution in [1.29, 1.82) is 0 Å². The maximum absolute atomic E-state index is 5.52.